The molecule has 0 atom stereocenters. The second kappa shape index (κ2) is 8.09. The summed E-state index contributed by atoms with van der Waals surface area (Å²) in [6.45, 7) is 0.701. The van der Waals surface area contributed by atoms with Crippen LogP contribution < -0.4 is 9.47 Å². The van der Waals surface area contributed by atoms with Crippen molar-refractivity contribution >= 4 is 11.6 Å². The molecule has 0 unspecified atom stereocenters. The van der Waals surface area contributed by atoms with Gasteiger partial charge in [-0.3, -0.25) is 9.59 Å². The molecule has 0 saturated heterocycles. The highest BCUT2D eigenvalue weighted by Gasteiger charge is 2.26. The number of fused-ring (bicyclic) bond motifs is 1. The molecule has 0 bridgehead atoms. The van der Waals surface area contributed by atoms with Gasteiger partial charge in [0, 0.05) is 24.0 Å². The van der Waals surface area contributed by atoms with Gasteiger partial charge in [-0.1, -0.05) is 60.7 Å². The van der Waals surface area contributed by atoms with Crippen molar-refractivity contribution in [2.45, 2.75) is 26.1 Å². The molecule has 28 heavy (non-hydrogen) atoms. The van der Waals surface area contributed by atoms with Crippen LogP contribution in [-0.2, 0) is 13.2 Å². The molecule has 0 amide bonds. The van der Waals surface area contributed by atoms with Gasteiger partial charge in [-0.25, -0.2) is 0 Å². The first-order chi connectivity index (χ1) is 13.7. The van der Waals surface area contributed by atoms with Gasteiger partial charge in [-0.15, -0.1) is 0 Å². The van der Waals surface area contributed by atoms with Crippen LogP contribution in [0, 0.1) is 0 Å². The van der Waals surface area contributed by atoms with E-state index in [-0.39, 0.29) is 24.4 Å². The van der Waals surface area contributed by atoms with Gasteiger partial charge in [0.05, 0.1) is 0 Å². The molecule has 3 aromatic carbocycles. The number of ether oxygens (including phenoxy) is 2. The van der Waals surface area contributed by atoms with Crippen LogP contribution in [0.5, 0.6) is 11.5 Å². The van der Waals surface area contributed by atoms with Gasteiger partial charge in [-0.2, -0.15) is 0 Å². The van der Waals surface area contributed by atoms with Crippen molar-refractivity contribution in [3.63, 3.8) is 0 Å². The highest BCUT2D eigenvalue weighted by atomic mass is 16.5. The molecule has 1 aliphatic rings. The second-order valence-corrected chi connectivity index (χ2v) is 6.74. The number of ketones is 2. The van der Waals surface area contributed by atoms with Crippen LogP contribution >= 0.6 is 0 Å². The molecule has 0 heterocycles. The fraction of sp³-hybridized carbons (Fsp3) is 0.167. The van der Waals surface area contributed by atoms with Crippen LogP contribution in [0.1, 0.15) is 44.7 Å². The summed E-state index contributed by atoms with van der Waals surface area (Å²) in [6.07, 6.45) is 0.488. The lowest BCUT2D eigenvalue weighted by molar-refractivity contribution is 0.0889. The van der Waals surface area contributed by atoms with E-state index in [4.69, 9.17) is 9.47 Å². The van der Waals surface area contributed by atoms with Crippen molar-refractivity contribution in [2.24, 2.45) is 0 Å². The maximum absolute atomic E-state index is 12.3. The van der Waals surface area contributed by atoms with Gasteiger partial charge >= 0.3 is 0 Å². The topological polar surface area (TPSA) is 52.6 Å². The Morgan fingerprint density at radius 1 is 0.607 bits per heavy atom. The minimum atomic E-state index is -0.0335. The monoisotopic (exact) mass is 372 g/mol. The summed E-state index contributed by atoms with van der Waals surface area (Å²) in [4.78, 5) is 24.6. The Kier molecular flexibility index (Phi) is 5.20. The largest absolute Gasteiger partial charge is 0.485 e. The third-order valence-corrected chi connectivity index (χ3v) is 4.74. The molecule has 0 aromatic heterocycles. The number of benzene rings is 3. The van der Waals surface area contributed by atoms with E-state index < -0.39 is 0 Å². The molecule has 4 nitrogen and oxygen atoms in total. The molecule has 0 fully saturated rings. The Labute approximate surface area is 163 Å². The lowest BCUT2D eigenvalue weighted by Gasteiger charge is -2.19. The van der Waals surface area contributed by atoms with E-state index in [1.54, 1.807) is 12.1 Å². The van der Waals surface area contributed by atoms with Gasteiger partial charge < -0.3 is 9.47 Å². The van der Waals surface area contributed by atoms with Crippen LogP contribution in [0.25, 0.3) is 0 Å². The number of Topliss-reactive ketones (excluding diaryl/α,β-unsaturated/α-hetero) is 2. The Bertz CT molecular complexity index is 911. The Morgan fingerprint density at radius 2 is 1.00 bits per heavy atom. The van der Waals surface area contributed by atoms with Crippen molar-refractivity contribution in [3.05, 3.63) is 95.1 Å². The first-order valence-electron chi connectivity index (χ1n) is 9.28. The second-order valence-electron chi connectivity index (χ2n) is 6.74. The summed E-state index contributed by atoms with van der Waals surface area (Å²) in [7, 11) is 0. The minimum absolute atomic E-state index is 0.0335. The molecule has 0 spiro atoms. The van der Waals surface area contributed by atoms with Gasteiger partial charge in [-0.05, 0) is 23.3 Å². The fourth-order valence-corrected chi connectivity index (χ4v) is 3.21. The number of rotatable bonds is 6. The van der Waals surface area contributed by atoms with Crippen LogP contribution in [0.4, 0.5) is 0 Å². The van der Waals surface area contributed by atoms with Crippen molar-refractivity contribution in [1.82, 2.24) is 0 Å². The summed E-state index contributed by atoms with van der Waals surface area (Å²) >= 11 is 0. The summed E-state index contributed by atoms with van der Waals surface area (Å²) in [5, 5.41) is 0. The fourth-order valence-electron chi connectivity index (χ4n) is 3.21. The molecular formula is C24H20O4. The van der Waals surface area contributed by atoms with E-state index in [1.807, 2.05) is 60.7 Å². The summed E-state index contributed by atoms with van der Waals surface area (Å²) in [5.41, 5.74) is 2.87. The lowest BCUT2D eigenvalue weighted by Crippen LogP contribution is -2.17. The van der Waals surface area contributed by atoms with E-state index in [9.17, 15) is 9.59 Å². The Morgan fingerprint density at radius 3 is 1.39 bits per heavy atom. The number of hydrogen-bond donors (Lipinski definition) is 0. The van der Waals surface area contributed by atoms with Crippen LogP contribution in [0.3, 0.4) is 0 Å². The van der Waals surface area contributed by atoms with E-state index in [0.717, 1.165) is 11.1 Å². The van der Waals surface area contributed by atoms with Crippen LogP contribution in [-0.4, -0.2) is 11.6 Å². The van der Waals surface area contributed by atoms with Crippen LogP contribution in [0.2, 0.25) is 0 Å². The molecule has 4 heteroatoms. The van der Waals surface area contributed by atoms with Crippen molar-refractivity contribution < 1.29 is 19.1 Å². The van der Waals surface area contributed by atoms with E-state index in [1.165, 1.54) is 0 Å². The maximum atomic E-state index is 12.3. The van der Waals surface area contributed by atoms with Crippen molar-refractivity contribution in [2.75, 3.05) is 0 Å². The Hall–Kier alpha value is -3.40. The third-order valence-electron chi connectivity index (χ3n) is 4.74. The Balaban J connectivity index is 1.64. The lowest BCUT2D eigenvalue weighted by atomic mass is 9.89. The summed E-state index contributed by atoms with van der Waals surface area (Å²) in [5.74, 6) is 0.880. The summed E-state index contributed by atoms with van der Waals surface area (Å²) < 4.78 is 11.9. The normalized spacial score (nSPS) is 13.1. The highest BCUT2D eigenvalue weighted by Crippen LogP contribution is 2.35. The SMILES string of the molecule is O=C1CCC(=O)c2cc(OCc3ccccc3)c(OCc3ccccc3)cc21. The number of carbonyl (C=O) groups excluding carboxylic acids is 2. The zero-order valence-electron chi connectivity index (χ0n) is 15.4. The van der Waals surface area contributed by atoms with Gasteiger partial charge in [0.25, 0.3) is 0 Å². The number of hydrogen-bond acceptors (Lipinski definition) is 4. The molecule has 0 radical (unpaired) electrons. The predicted molar refractivity (Wildman–Crippen MR) is 106 cm³/mol. The molecule has 1 aliphatic carbocycles. The van der Waals surface area contributed by atoms with Gasteiger partial charge in [0.15, 0.2) is 23.1 Å². The van der Waals surface area contributed by atoms with Gasteiger partial charge in [0.1, 0.15) is 13.2 Å². The zero-order chi connectivity index (χ0) is 19.3. The zero-order valence-corrected chi connectivity index (χ0v) is 15.4. The quantitative estimate of drug-likeness (QED) is 0.611. The third kappa shape index (κ3) is 3.96. The standard InChI is InChI=1S/C24H20O4/c25-21-11-12-22(26)20-14-24(28-16-18-9-5-2-6-10-18)23(13-19(20)21)27-15-17-7-3-1-4-8-17/h1-10,13-14H,11-12,15-16H2. The average molecular weight is 372 g/mol. The molecule has 3 aromatic rings. The van der Waals surface area contributed by atoms with E-state index in [2.05, 4.69) is 0 Å². The molecule has 0 saturated carbocycles. The van der Waals surface area contributed by atoms with E-state index in [0.29, 0.717) is 35.8 Å². The van der Waals surface area contributed by atoms with Gasteiger partial charge in [0.2, 0.25) is 0 Å². The molecule has 140 valence electrons. The summed E-state index contributed by atoms with van der Waals surface area (Å²) in [6, 6.07) is 22.9. The molecule has 0 aliphatic heterocycles. The van der Waals surface area contributed by atoms with Crippen molar-refractivity contribution in [1.29, 1.82) is 0 Å². The maximum Gasteiger partial charge on any atom is 0.164 e. The van der Waals surface area contributed by atoms with Crippen molar-refractivity contribution in [3.8, 4) is 11.5 Å². The highest BCUT2D eigenvalue weighted by molar-refractivity contribution is 6.14. The smallest absolute Gasteiger partial charge is 0.164 e. The van der Waals surface area contributed by atoms with Crippen LogP contribution in [0.15, 0.2) is 72.8 Å². The molecular weight excluding hydrogens is 352 g/mol. The van der Waals surface area contributed by atoms with E-state index >= 15 is 0 Å². The first-order valence-corrected chi connectivity index (χ1v) is 9.28. The molecule has 4 rings (SSSR count). The first kappa shape index (κ1) is 18.0. The molecule has 0 N–H and O–H groups in total. The minimum Gasteiger partial charge on any atom is -0.485 e. The average Bonchev–Trinajstić information content (AvgIpc) is 2.75. The predicted octanol–water partition coefficient (Wildman–Crippen LogP) is 5.00. The number of carbonyl (C=O) groups is 2.